The largest absolute Gasteiger partial charge is 0.507 e. The fraction of sp³-hybridized carbons (Fsp3) is 0. The van der Waals surface area contributed by atoms with Gasteiger partial charge in [0.15, 0.2) is 11.6 Å². The molecule has 0 fully saturated rings. The van der Waals surface area contributed by atoms with Crippen molar-refractivity contribution in [1.82, 2.24) is 19.9 Å². The second kappa shape index (κ2) is 6.01. The van der Waals surface area contributed by atoms with Crippen molar-refractivity contribution in [2.75, 3.05) is 5.73 Å². The van der Waals surface area contributed by atoms with Crippen molar-refractivity contribution >= 4 is 18.1 Å². The highest BCUT2D eigenvalue weighted by Gasteiger charge is 2.09. The Bertz CT molecular complexity index is 818. The van der Waals surface area contributed by atoms with E-state index < -0.39 is 0 Å². The zero-order valence-electron chi connectivity index (χ0n) is 11.6. The molecule has 0 atom stereocenters. The van der Waals surface area contributed by atoms with Crippen LogP contribution >= 0.6 is 0 Å². The molecular formula is C16H13N5O. The molecule has 0 spiro atoms. The van der Waals surface area contributed by atoms with E-state index >= 15 is 0 Å². The molecule has 1 aromatic carbocycles. The highest BCUT2D eigenvalue weighted by Crippen LogP contribution is 2.25. The Hall–Kier alpha value is -3.28. The normalized spacial score (nSPS) is 10.9. The molecule has 0 aliphatic heterocycles. The summed E-state index contributed by atoms with van der Waals surface area (Å²) in [5.41, 5.74) is 7.01. The van der Waals surface area contributed by atoms with E-state index in [1.54, 1.807) is 42.6 Å². The second-order valence-electron chi connectivity index (χ2n) is 4.48. The third-order valence-corrected chi connectivity index (χ3v) is 2.91. The predicted octanol–water partition coefficient (Wildman–Crippen LogP) is 2.39. The molecule has 6 nitrogen and oxygen atoms in total. The van der Waals surface area contributed by atoms with Gasteiger partial charge < -0.3 is 10.8 Å². The van der Waals surface area contributed by atoms with E-state index in [1.807, 2.05) is 18.2 Å². The van der Waals surface area contributed by atoms with E-state index in [9.17, 15) is 5.11 Å². The summed E-state index contributed by atoms with van der Waals surface area (Å²) < 4.78 is 0. The number of nitrogens with zero attached hydrogens (tertiary/aromatic N) is 4. The summed E-state index contributed by atoms with van der Waals surface area (Å²) in [5, 5.41) is 9.88. The Morgan fingerprint density at radius 1 is 0.909 bits per heavy atom. The Labute approximate surface area is 127 Å². The van der Waals surface area contributed by atoms with Crippen LogP contribution in [0.5, 0.6) is 5.75 Å². The van der Waals surface area contributed by atoms with Crippen LogP contribution in [-0.2, 0) is 0 Å². The van der Waals surface area contributed by atoms with Gasteiger partial charge in [-0.1, -0.05) is 18.2 Å². The molecule has 0 radical (unpaired) electrons. The van der Waals surface area contributed by atoms with Crippen LogP contribution in [0.3, 0.4) is 0 Å². The molecule has 6 heteroatoms. The molecule has 0 unspecified atom stereocenters. The van der Waals surface area contributed by atoms with Crippen molar-refractivity contribution in [1.29, 1.82) is 0 Å². The molecule has 108 valence electrons. The van der Waals surface area contributed by atoms with Crippen LogP contribution in [0.1, 0.15) is 11.5 Å². The highest BCUT2D eigenvalue weighted by molar-refractivity contribution is 5.68. The molecule has 0 aliphatic rings. The molecule has 0 amide bonds. The van der Waals surface area contributed by atoms with Gasteiger partial charge in [-0.25, -0.2) is 4.98 Å². The predicted molar refractivity (Wildman–Crippen MR) is 84.5 cm³/mol. The molecule has 22 heavy (non-hydrogen) atoms. The van der Waals surface area contributed by atoms with E-state index in [0.29, 0.717) is 17.2 Å². The van der Waals surface area contributed by atoms with Gasteiger partial charge in [-0.3, -0.25) is 4.98 Å². The van der Waals surface area contributed by atoms with Crippen molar-refractivity contribution in [2.45, 2.75) is 0 Å². The van der Waals surface area contributed by atoms with Gasteiger partial charge in [-0.15, -0.1) is 0 Å². The number of phenolic OH excluding ortho intramolecular Hbond substituents is 1. The molecular weight excluding hydrogens is 278 g/mol. The number of anilines is 1. The van der Waals surface area contributed by atoms with Crippen LogP contribution in [0.2, 0.25) is 0 Å². The Morgan fingerprint density at radius 2 is 1.73 bits per heavy atom. The molecule has 3 N–H and O–H groups in total. The molecule has 3 aromatic rings. The first-order chi connectivity index (χ1) is 10.7. The Morgan fingerprint density at radius 3 is 2.50 bits per heavy atom. The number of nitrogen functional groups attached to an aromatic ring is 1. The van der Waals surface area contributed by atoms with Crippen LogP contribution in [-0.4, -0.2) is 25.0 Å². The molecule has 2 heterocycles. The van der Waals surface area contributed by atoms with E-state index in [4.69, 9.17) is 5.73 Å². The third-order valence-electron chi connectivity index (χ3n) is 2.91. The summed E-state index contributed by atoms with van der Waals surface area (Å²) in [5.74, 6) is 0.907. The number of para-hydroxylation sites is 1. The van der Waals surface area contributed by atoms with Crippen LogP contribution < -0.4 is 5.73 Å². The van der Waals surface area contributed by atoms with E-state index in [1.165, 1.54) is 0 Å². The number of aromatic nitrogens is 4. The van der Waals surface area contributed by atoms with Gasteiger partial charge in [0.1, 0.15) is 5.75 Å². The minimum atomic E-state index is 0.0905. The van der Waals surface area contributed by atoms with Crippen molar-refractivity contribution in [3.8, 4) is 17.1 Å². The lowest BCUT2D eigenvalue weighted by Crippen LogP contribution is -2.02. The lowest BCUT2D eigenvalue weighted by molar-refractivity contribution is 0.477. The standard InChI is InChI=1S/C16H13N5O/c17-16-20-14(9-8-11-5-3-4-10-18-11)19-15(21-16)12-6-1-2-7-13(12)22/h1-10,22H,(H2,17,19,20,21). The lowest BCUT2D eigenvalue weighted by atomic mass is 10.2. The van der Waals surface area contributed by atoms with Crippen LogP contribution in [0.25, 0.3) is 23.5 Å². The van der Waals surface area contributed by atoms with Crippen molar-refractivity contribution in [3.63, 3.8) is 0 Å². The number of hydrogen-bond acceptors (Lipinski definition) is 6. The number of aromatic hydroxyl groups is 1. The number of hydrogen-bond donors (Lipinski definition) is 2. The fourth-order valence-corrected chi connectivity index (χ4v) is 1.90. The average molecular weight is 291 g/mol. The Kier molecular flexibility index (Phi) is 3.74. The van der Waals surface area contributed by atoms with Crippen molar-refractivity contribution < 1.29 is 5.11 Å². The zero-order valence-corrected chi connectivity index (χ0v) is 11.6. The average Bonchev–Trinajstić information content (AvgIpc) is 2.54. The van der Waals surface area contributed by atoms with Gasteiger partial charge in [0.2, 0.25) is 5.95 Å². The molecule has 0 saturated heterocycles. The summed E-state index contributed by atoms with van der Waals surface area (Å²) in [7, 11) is 0. The quantitative estimate of drug-likeness (QED) is 0.769. The van der Waals surface area contributed by atoms with Crippen molar-refractivity contribution in [3.05, 3.63) is 60.2 Å². The highest BCUT2D eigenvalue weighted by atomic mass is 16.3. The molecule has 0 aliphatic carbocycles. The minimum Gasteiger partial charge on any atom is -0.507 e. The first-order valence-corrected chi connectivity index (χ1v) is 6.61. The van der Waals surface area contributed by atoms with Gasteiger partial charge in [0, 0.05) is 6.20 Å². The second-order valence-corrected chi connectivity index (χ2v) is 4.48. The first kappa shape index (κ1) is 13.7. The monoisotopic (exact) mass is 291 g/mol. The number of pyridine rings is 1. The number of nitrogens with two attached hydrogens (primary N) is 1. The molecule has 0 bridgehead atoms. The SMILES string of the molecule is Nc1nc(C=Cc2ccccn2)nc(-c2ccccc2O)n1. The van der Waals surface area contributed by atoms with Crippen LogP contribution in [0, 0.1) is 0 Å². The number of rotatable bonds is 3. The van der Waals surface area contributed by atoms with E-state index in [2.05, 4.69) is 19.9 Å². The van der Waals surface area contributed by atoms with Crippen LogP contribution in [0.4, 0.5) is 5.95 Å². The van der Waals surface area contributed by atoms with Gasteiger partial charge >= 0.3 is 0 Å². The van der Waals surface area contributed by atoms with Gasteiger partial charge in [0.05, 0.1) is 11.3 Å². The summed E-state index contributed by atoms with van der Waals surface area (Å²) in [6.07, 6.45) is 5.18. The molecule has 0 saturated carbocycles. The fourth-order valence-electron chi connectivity index (χ4n) is 1.90. The maximum Gasteiger partial charge on any atom is 0.224 e. The number of benzene rings is 1. The van der Waals surface area contributed by atoms with E-state index in [-0.39, 0.29) is 11.7 Å². The van der Waals surface area contributed by atoms with Crippen molar-refractivity contribution in [2.24, 2.45) is 0 Å². The van der Waals surface area contributed by atoms with Gasteiger partial charge in [-0.2, -0.15) is 9.97 Å². The smallest absolute Gasteiger partial charge is 0.224 e. The lowest BCUT2D eigenvalue weighted by Gasteiger charge is -2.04. The topological polar surface area (TPSA) is 97.8 Å². The maximum absolute atomic E-state index is 9.88. The summed E-state index contributed by atoms with van der Waals surface area (Å²) in [4.78, 5) is 16.6. The maximum atomic E-state index is 9.88. The molecule has 2 aromatic heterocycles. The minimum absolute atomic E-state index is 0.0905. The van der Waals surface area contributed by atoms with Crippen LogP contribution in [0.15, 0.2) is 48.7 Å². The van der Waals surface area contributed by atoms with Gasteiger partial charge in [0.25, 0.3) is 0 Å². The van der Waals surface area contributed by atoms with E-state index in [0.717, 1.165) is 5.69 Å². The summed E-state index contributed by atoms with van der Waals surface area (Å²) >= 11 is 0. The van der Waals surface area contributed by atoms with Gasteiger partial charge in [-0.05, 0) is 36.4 Å². The summed E-state index contributed by atoms with van der Waals surface area (Å²) in [6.45, 7) is 0. The molecule has 3 rings (SSSR count). The first-order valence-electron chi connectivity index (χ1n) is 6.61. The zero-order chi connectivity index (χ0) is 15.4. The third kappa shape index (κ3) is 3.06. The number of phenols is 1. The summed E-state index contributed by atoms with van der Waals surface area (Å²) in [6, 6.07) is 12.4. The Balaban J connectivity index is 1.97.